The van der Waals surface area contributed by atoms with E-state index in [-0.39, 0.29) is 6.61 Å². The third kappa shape index (κ3) is 4.44. The molecule has 2 nitrogen and oxygen atoms in total. The standard InChI is InChI=1S/C16H16O2S/c1-13-5-4-6-14(11-13)18-12-16-9-8-15(19-16)7-2-3-10-17/h4-6,8-9,11,17H,3,10,12H2,1H3. The Balaban J connectivity index is 1.92. The minimum atomic E-state index is 0.113. The second kappa shape index (κ2) is 6.98. The molecule has 0 unspecified atom stereocenters. The fourth-order valence-electron chi connectivity index (χ4n) is 1.59. The molecular weight excluding hydrogens is 256 g/mol. The molecule has 0 fully saturated rings. The van der Waals surface area contributed by atoms with Crippen LogP contribution in [0.2, 0.25) is 0 Å². The molecule has 0 bridgehead atoms. The second-order valence-corrected chi connectivity index (χ2v) is 5.31. The largest absolute Gasteiger partial charge is 0.488 e. The van der Waals surface area contributed by atoms with E-state index in [0.29, 0.717) is 13.0 Å². The van der Waals surface area contributed by atoms with Crippen LogP contribution in [0.5, 0.6) is 5.75 Å². The Morgan fingerprint density at radius 1 is 1.26 bits per heavy atom. The molecule has 1 aromatic heterocycles. The zero-order valence-corrected chi connectivity index (χ0v) is 11.7. The first-order chi connectivity index (χ1) is 9.28. The van der Waals surface area contributed by atoms with Gasteiger partial charge in [0.2, 0.25) is 0 Å². The minimum Gasteiger partial charge on any atom is -0.488 e. The van der Waals surface area contributed by atoms with Crippen LogP contribution in [0.15, 0.2) is 36.4 Å². The van der Waals surface area contributed by atoms with Gasteiger partial charge in [-0.15, -0.1) is 11.3 Å². The van der Waals surface area contributed by atoms with Crippen LogP contribution >= 0.6 is 11.3 Å². The van der Waals surface area contributed by atoms with E-state index in [1.807, 2.05) is 43.3 Å². The molecule has 0 saturated carbocycles. The first-order valence-corrected chi connectivity index (χ1v) is 6.97. The Kier molecular flexibility index (Phi) is 5.02. The van der Waals surface area contributed by atoms with Gasteiger partial charge < -0.3 is 9.84 Å². The maximum Gasteiger partial charge on any atom is 0.122 e. The normalized spacial score (nSPS) is 9.79. The van der Waals surface area contributed by atoms with Crippen molar-refractivity contribution in [3.8, 4) is 17.6 Å². The Hall–Kier alpha value is -1.76. The lowest BCUT2D eigenvalue weighted by molar-refractivity contribution is 0.305. The molecule has 0 aliphatic rings. The molecule has 2 aromatic rings. The van der Waals surface area contributed by atoms with E-state index in [0.717, 1.165) is 15.5 Å². The van der Waals surface area contributed by atoms with E-state index in [1.54, 1.807) is 11.3 Å². The maximum absolute atomic E-state index is 8.66. The van der Waals surface area contributed by atoms with Gasteiger partial charge in [-0.1, -0.05) is 24.0 Å². The van der Waals surface area contributed by atoms with Gasteiger partial charge in [-0.05, 0) is 36.8 Å². The number of ether oxygens (including phenoxy) is 1. The molecule has 0 atom stereocenters. The molecule has 0 saturated heterocycles. The van der Waals surface area contributed by atoms with Gasteiger partial charge in [-0.25, -0.2) is 0 Å². The van der Waals surface area contributed by atoms with E-state index in [9.17, 15) is 0 Å². The highest BCUT2D eigenvalue weighted by Gasteiger charge is 2.00. The summed E-state index contributed by atoms with van der Waals surface area (Å²) in [7, 11) is 0. The van der Waals surface area contributed by atoms with Crippen LogP contribution in [0.1, 0.15) is 21.7 Å². The van der Waals surface area contributed by atoms with Crippen LogP contribution < -0.4 is 4.74 Å². The summed E-state index contributed by atoms with van der Waals surface area (Å²) >= 11 is 1.63. The van der Waals surface area contributed by atoms with Gasteiger partial charge in [-0.2, -0.15) is 0 Å². The number of rotatable bonds is 4. The van der Waals surface area contributed by atoms with Crippen LogP contribution in [0.25, 0.3) is 0 Å². The molecule has 2 rings (SSSR count). The van der Waals surface area contributed by atoms with Gasteiger partial charge in [0.25, 0.3) is 0 Å². The first-order valence-electron chi connectivity index (χ1n) is 6.16. The highest BCUT2D eigenvalue weighted by molar-refractivity contribution is 7.12. The molecule has 1 aromatic carbocycles. The highest BCUT2D eigenvalue weighted by Crippen LogP contribution is 2.19. The van der Waals surface area contributed by atoms with Gasteiger partial charge in [0.05, 0.1) is 11.5 Å². The van der Waals surface area contributed by atoms with Crippen molar-refractivity contribution < 1.29 is 9.84 Å². The lowest BCUT2D eigenvalue weighted by Gasteiger charge is -2.04. The fraction of sp³-hybridized carbons (Fsp3) is 0.250. The van der Waals surface area contributed by atoms with Gasteiger partial charge in [0.1, 0.15) is 12.4 Å². The number of aliphatic hydroxyl groups excluding tert-OH is 1. The molecule has 0 aliphatic heterocycles. The van der Waals surface area contributed by atoms with Crippen molar-refractivity contribution >= 4 is 11.3 Å². The molecule has 19 heavy (non-hydrogen) atoms. The monoisotopic (exact) mass is 272 g/mol. The molecule has 1 heterocycles. The molecule has 98 valence electrons. The van der Waals surface area contributed by atoms with Crippen molar-refractivity contribution in [1.82, 2.24) is 0 Å². The Bertz CT molecular complexity index is 590. The van der Waals surface area contributed by atoms with Crippen molar-refractivity contribution in [2.24, 2.45) is 0 Å². The maximum atomic E-state index is 8.66. The zero-order chi connectivity index (χ0) is 13.5. The SMILES string of the molecule is Cc1cccc(OCc2ccc(C#CCCO)s2)c1. The number of aryl methyl sites for hydroxylation is 1. The smallest absolute Gasteiger partial charge is 0.122 e. The molecule has 1 N–H and O–H groups in total. The zero-order valence-electron chi connectivity index (χ0n) is 10.8. The van der Waals surface area contributed by atoms with E-state index >= 15 is 0 Å². The van der Waals surface area contributed by atoms with Crippen molar-refractivity contribution in [2.45, 2.75) is 20.0 Å². The van der Waals surface area contributed by atoms with Gasteiger partial charge in [-0.3, -0.25) is 0 Å². The van der Waals surface area contributed by atoms with Gasteiger partial charge in [0, 0.05) is 11.3 Å². The molecule has 3 heteroatoms. The molecule has 0 amide bonds. The predicted molar refractivity (Wildman–Crippen MR) is 78.4 cm³/mol. The highest BCUT2D eigenvalue weighted by atomic mass is 32.1. The average Bonchev–Trinajstić information content (AvgIpc) is 2.85. The van der Waals surface area contributed by atoms with Crippen LogP contribution in [-0.2, 0) is 6.61 Å². The summed E-state index contributed by atoms with van der Waals surface area (Å²) < 4.78 is 5.73. The second-order valence-electron chi connectivity index (χ2n) is 4.15. The number of aliphatic hydroxyl groups is 1. The summed E-state index contributed by atoms with van der Waals surface area (Å²) in [6.45, 7) is 2.73. The Morgan fingerprint density at radius 2 is 2.16 bits per heavy atom. The average molecular weight is 272 g/mol. The van der Waals surface area contributed by atoms with Crippen molar-refractivity contribution in [2.75, 3.05) is 6.61 Å². The van der Waals surface area contributed by atoms with Crippen LogP contribution in [0.4, 0.5) is 0 Å². The minimum absolute atomic E-state index is 0.113. The van der Waals surface area contributed by atoms with Gasteiger partial charge in [0.15, 0.2) is 0 Å². The molecule has 0 spiro atoms. The summed E-state index contributed by atoms with van der Waals surface area (Å²) in [4.78, 5) is 2.16. The molecular formula is C16H16O2S. The summed E-state index contributed by atoms with van der Waals surface area (Å²) in [6, 6.07) is 12.0. The molecule has 0 radical (unpaired) electrons. The number of benzene rings is 1. The van der Waals surface area contributed by atoms with E-state index in [4.69, 9.17) is 9.84 Å². The summed E-state index contributed by atoms with van der Waals surface area (Å²) in [5.41, 5.74) is 1.19. The van der Waals surface area contributed by atoms with E-state index < -0.39 is 0 Å². The van der Waals surface area contributed by atoms with E-state index in [2.05, 4.69) is 11.8 Å². The third-order valence-corrected chi connectivity index (χ3v) is 3.45. The lowest BCUT2D eigenvalue weighted by atomic mass is 10.2. The number of hydrogen-bond donors (Lipinski definition) is 1. The summed E-state index contributed by atoms with van der Waals surface area (Å²) in [6.07, 6.45) is 0.521. The Labute approximate surface area is 117 Å². The van der Waals surface area contributed by atoms with Crippen LogP contribution in [0.3, 0.4) is 0 Å². The Morgan fingerprint density at radius 3 is 2.95 bits per heavy atom. The van der Waals surface area contributed by atoms with Crippen molar-refractivity contribution in [3.05, 3.63) is 51.7 Å². The third-order valence-electron chi connectivity index (χ3n) is 2.48. The summed E-state index contributed by atoms with van der Waals surface area (Å²) in [5.74, 6) is 6.83. The van der Waals surface area contributed by atoms with Gasteiger partial charge >= 0.3 is 0 Å². The van der Waals surface area contributed by atoms with Crippen molar-refractivity contribution in [3.63, 3.8) is 0 Å². The van der Waals surface area contributed by atoms with Crippen LogP contribution in [0, 0.1) is 18.8 Å². The fourth-order valence-corrected chi connectivity index (χ4v) is 2.38. The number of hydrogen-bond acceptors (Lipinski definition) is 3. The van der Waals surface area contributed by atoms with E-state index in [1.165, 1.54) is 5.56 Å². The summed E-state index contributed by atoms with van der Waals surface area (Å²) in [5, 5.41) is 8.66. The van der Waals surface area contributed by atoms with Crippen molar-refractivity contribution in [1.29, 1.82) is 0 Å². The molecule has 0 aliphatic carbocycles. The topological polar surface area (TPSA) is 29.5 Å². The quantitative estimate of drug-likeness (QED) is 0.865. The van der Waals surface area contributed by atoms with Crippen LogP contribution in [-0.4, -0.2) is 11.7 Å². The lowest BCUT2D eigenvalue weighted by Crippen LogP contribution is -1.92. The first kappa shape index (κ1) is 13.7. The predicted octanol–water partition coefficient (Wildman–Crippen LogP) is 3.37. The number of thiophene rings is 1.